The molecule has 0 aromatic carbocycles. The molecule has 0 bridgehead atoms. The van der Waals surface area contributed by atoms with E-state index in [1.54, 1.807) is 19.1 Å². The van der Waals surface area contributed by atoms with Crippen molar-refractivity contribution in [3.05, 3.63) is 29.6 Å². The van der Waals surface area contributed by atoms with Crippen LogP contribution in [0.3, 0.4) is 0 Å². The predicted octanol–water partition coefficient (Wildman–Crippen LogP) is 1.40. The van der Waals surface area contributed by atoms with E-state index in [-0.39, 0.29) is 0 Å². The lowest BCUT2D eigenvalue weighted by Crippen LogP contribution is -2.40. The van der Waals surface area contributed by atoms with E-state index in [1.165, 1.54) is 20.0 Å². The number of pyridine rings is 1. The van der Waals surface area contributed by atoms with Crippen molar-refractivity contribution in [2.45, 2.75) is 25.5 Å². The quantitative estimate of drug-likeness (QED) is 0.750. The Morgan fingerprint density at radius 1 is 1.31 bits per heavy atom. The summed E-state index contributed by atoms with van der Waals surface area (Å²) in [6.07, 6.45) is 2.47. The van der Waals surface area contributed by atoms with Crippen molar-refractivity contribution in [1.29, 1.82) is 0 Å². The number of sulfone groups is 1. The number of carbonyl (C=O) groups excluding carboxylic acids is 1. The van der Waals surface area contributed by atoms with E-state index in [0.29, 0.717) is 5.56 Å². The first kappa shape index (κ1) is 12.8. The molecule has 1 heterocycles. The molecule has 0 fully saturated rings. The van der Waals surface area contributed by atoms with Crippen LogP contribution in [0.4, 0.5) is 0 Å². The van der Waals surface area contributed by atoms with Crippen LogP contribution in [0.2, 0.25) is 0 Å². The minimum atomic E-state index is -3.44. The molecule has 1 aromatic rings. The monoisotopic (exact) mass is 241 g/mol. The maximum atomic E-state index is 12.0. The molecule has 88 valence electrons. The lowest BCUT2D eigenvalue weighted by atomic mass is 10.0. The average molecular weight is 241 g/mol. The molecule has 0 N–H and O–H groups in total. The third kappa shape index (κ3) is 2.29. The number of hydrogen-bond acceptors (Lipinski definition) is 4. The summed E-state index contributed by atoms with van der Waals surface area (Å²) in [5, 5.41) is 0. The molecule has 1 aromatic heterocycles. The van der Waals surface area contributed by atoms with Crippen LogP contribution >= 0.6 is 0 Å². The first-order valence-corrected chi connectivity index (χ1v) is 6.72. The third-order valence-electron chi connectivity index (χ3n) is 2.65. The van der Waals surface area contributed by atoms with Crippen molar-refractivity contribution < 1.29 is 13.2 Å². The van der Waals surface area contributed by atoms with Crippen molar-refractivity contribution in [2.24, 2.45) is 0 Å². The zero-order valence-corrected chi connectivity index (χ0v) is 10.6. The van der Waals surface area contributed by atoms with Crippen molar-refractivity contribution in [3.63, 3.8) is 0 Å². The van der Waals surface area contributed by atoms with Gasteiger partial charge in [-0.15, -0.1) is 0 Å². The van der Waals surface area contributed by atoms with Gasteiger partial charge in [0.1, 0.15) is 4.75 Å². The van der Waals surface area contributed by atoms with Gasteiger partial charge in [-0.05, 0) is 32.9 Å². The molecule has 0 radical (unpaired) electrons. The van der Waals surface area contributed by atoms with E-state index in [4.69, 9.17) is 0 Å². The Morgan fingerprint density at radius 2 is 1.88 bits per heavy atom. The van der Waals surface area contributed by atoms with Crippen LogP contribution in [-0.4, -0.2) is 30.2 Å². The SMILES string of the molecule is Cc1ccc(C(=O)C(C)(C)S(C)(=O)=O)cn1. The second-order valence-electron chi connectivity index (χ2n) is 4.30. The van der Waals surface area contributed by atoms with Crippen molar-refractivity contribution in [2.75, 3.05) is 6.26 Å². The Hall–Kier alpha value is -1.23. The van der Waals surface area contributed by atoms with Gasteiger partial charge in [0.15, 0.2) is 15.6 Å². The van der Waals surface area contributed by atoms with Gasteiger partial charge >= 0.3 is 0 Å². The summed E-state index contributed by atoms with van der Waals surface area (Å²) in [6.45, 7) is 4.62. The van der Waals surface area contributed by atoms with E-state index >= 15 is 0 Å². The Kier molecular flexibility index (Phi) is 3.19. The Morgan fingerprint density at radius 3 is 2.25 bits per heavy atom. The van der Waals surface area contributed by atoms with E-state index in [2.05, 4.69) is 4.98 Å². The number of aryl methyl sites for hydroxylation is 1. The molecule has 0 saturated heterocycles. The normalized spacial score (nSPS) is 12.5. The van der Waals surface area contributed by atoms with E-state index in [0.717, 1.165) is 11.9 Å². The highest BCUT2D eigenvalue weighted by molar-refractivity contribution is 7.92. The second kappa shape index (κ2) is 3.97. The Labute approximate surface area is 95.6 Å². The molecule has 0 saturated carbocycles. The average Bonchev–Trinajstić information content (AvgIpc) is 2.16. The van der Waals surface area contributed by atoms with Crippen LogP contribution in [0.5, 0.6) is 0 Å². The zero-order valence-electron chi connectivity index (χ0n) is 9.81. The first-order valence-electron chi connectivity index (χ1n) is 4.83. The number of nitrogens with zero attached hydrogens (tertiary/aromatic N) is 1. The fourth-order valence-electron chi connectivity index (χ4n) is 1.12. The van der Waals surface area contributed by atoms with Crippen molar-refractivity contribution in [3.8, 4) is 0 Å². The van der Waals surface area contributed by atoms with Crippen LogP contribution in [-0.2, 0) is 9.84 Å². The minimum absolute atomic E-state index is 0.320. The molecule has 0 aliphatic rings. The maximum absolute atomic E-state index is 12.0. The predicted molar refractivity (Wildman–Crippen MR) is 62.2 cm³/mol. The Bertz CT molecular complexity index is 501. The van der Waals surface area contributed by atoms with Crippen LogP contribution in [0.15, 0.2) is 18.3 Å². The van der Waals surface area contributed by atoms with Gasteiger partial charge in [0, 0.05) is 23.7 Å². The summed E-state index contributed by atoms with van der Waals surface area (Å²) in [5.41, 5.74) is 1.11. The van der Waals surface area contributed by atoms with Gasteiger partial charge in [-0.2, -0.15) is 0 Å². The lowest BCUT2D eigenvalue weighted by Gasteiger charge is -2.20. The summed E-state index contributed by atoms with van der Waals surface area (Å²) >= 11 is 0. The highest BCUT2D eigenvalue weighted by Crippen LogP contribution is 2.21. The number of carbonyl (C=O) groups is 1. The number of ketones is 1. The Balaban J connectivity index is 3.18. The molecule has 4 nitrogen and oxygen atoms in total. The molecule has 0 aliphatic carbocycles. The summed E-state index contributed by atoms with van der Waals surface area (Å²) in [5.74, 6) is -0.428. The van der Waals surface area contributed by atoms with Gasteiger partial charge in [0.05, 0.1) is 0 Å². The lowest BCUT2D eigenvalue weighted by molar-refractivity contribution is 0.0953. The minimum Gasteiger partial charge on any atom is -0.292 e. The van der Waals surface area contributed by atoms with E-state index in [9.17, 15) is 13.2 Å². The maximum Gasteiger partial charge on any atom is 0.184 e. The summed E-state index contributed by atoms with van der Waals surface area (Å²) in [7, 11) is -3.44. The van der Waals surface area contributed by atoms with Crippen LogP contribution in [0, 0.1) is 6.92 Å². The number of hydrogen-bond donors (Lipinski definition) is 0. The molecule has 0 aliphatic heterocycles. The summed E-state index contributed by atoms with van der Waals surface area (Å²) < 4.78 is 21.6. The fourth-order valence-corrected chi connectivity index (χ4v) is 1.57. The van der Waals surface area contributed by atoms with Crippen LogP contribution in [0.1, 0.15) is 29.9 Å². The molecule has 0 amide bonds. The molecule has 0 atom stereocenters. The molecular weight excluding hydrogens is 226 g/mol. The highest BCUT2D eigenvalue weighted by atomic mass is 32.2. The largest absolute Gasteiger partial charge is 0.292 e. The highest BCUT2D eigenvalue weighted by Gasteiger charge is 2.38. The van der Waals surface area contributed by atoms with Crippen molar-refractivity contribution >= 4 is 15.6 Å². The fraction of sp³-hybridized carbons (Fsp3) is 0.455. The molecule has 0 spiro atoms. The van der Waals surface area contributed by atoms with Crippen molar-refractivity contribution in [1.82, 2.24) is 4.98 Å². The molecule has 5 heteroatoms. The topological polar surface area (TPSA) is 64.1 Å². The number of Topliss-reactive ketones (excluding diaryl/α,β-unsaturated/α-hetero) is 1. The smallest absolute Gasteiger partial charge is 0.184 e. The molecule has 16 heavy (non-hydrogen) atoms. The molecule has 0 unspecified atom stereocenters. The number of rotatable bonds is 3. The summed E-state index contributed by atoms with van der Waals surface area (Å²) in [6, 6.07) is 3.28. The standard InChI is InChI=1S/C11H15NO3S/c1-8-5-6-9(7-12-8)10(13)11(2,3)16(4,14)15/h5-7H,1-4H3. The second-order valence-corrected chi connectivity index (χ2v) is 6.86. The van der Waals surface area contributed by atoms with E-state index < -0.39 is 20.4 Å². The van der Waals surface area contributed by atoms with E-state index in [1.807, 2.05) is 0 Å². The van der Waals surface area contributed by atoms with Gasteiger partial charge < -0.3 is 0 Å². The molecule has 1 rings (SSSR count). The zero-order chi connectivity index (χ0) is 12.6. The number of aromatic nitrogens is 1. The van der Waals surface area contributed by atoms with Crippen LogP contribution in [0.25, 0.3) is 0 Å². The van der Waals surface area contributed by atoms with Gasteiger partial charge in [-0.25, -0.2) is 8.42 Å². The van der Waals surface area contributed by atoms with Gasteiger partial charge in [-0.3, -0.25) is 9.78 Å². The summed E-state index contributed by atoms with van der Waals surface area (Å²) in [4.78, 5) is 16.0. The van der Waals surface area contributed by atoms with Crippen LogP contribution < -0.4 is 0 Å². The van der Waals surface area contributed by atoms with Gasteiger partial charge in [0.2, 0.25) is 0 Å². The van der Waals surface area contributed by atoms with Gasteiger partial charge in [-0.1, -0.05) is 0 Å². The van der Waals surface area contributed by atoms with Gasteiger partial charge in [0.25, 0.3) is 0 Å². The third-order valence-corrected chi connectivity index (χ3v) is 4.69. The molecular formula is C11H15NO3S. The first-order chi connectivity index (χ1) is 7.16.